The number of carbonyl (C=O) groups excluding carboxylic acids is 1. The van der Waals surface area contributed by atoms with Gasteiger partial charge in [0.1, 0.15) is 5.82 Å². The van der Waals surface area contributed by atoms with Crippen LogP contribution in [-0.4, -0.2) is 40.0 Å². The van der Waals surface area contributed by atoms with Crippen LogP contribution in [0.1, 0.15) is 45.2 Å². The van der Waals surface area contributed by atoms with E-state index in [2.05, 4.69) is 16.0 Å². The number of carbonyl (C=O) groups is 2. The van der Waals surface area contributed by atoms with Gasteiger partial charge in [-0.05, 0) is 55.2 Å². The van der Waals surface area contributed by atoms with Crippen LogP contribution in [0.25, 0.3) is 0 Å². The van der Waals surface area contributed by atoms with E-state index in [1.807, 2.05) is 24.0 Å². The van der Waals surface area contributed by atoms with Crippen LogP contribution in [0.3, 0.4) is 0 Å². The van der Waals surface area contributed by atoms with E-state index in [-0.39, 0.29) is 11.5 Å². The lowest BCUT2D eigenvalue weighted by Gasteiger charge is -2.30. The first-order chi connectivity index (χ1) is 12.1. The maximum Gasteiger partial charge on any atom is 0.337 e. The Kier molecular flexibility index (Phi) is 3.67. The highest BCUT2D eigenvalue weighted by atomic mass is 16.4. The van der Waals surface area contributed by atoms with Crippen molar-refractivity contribution in [3.8, 4) is 0 Å². The number of aromatic nitrogens is 1. The second kappa shape index (κ2) is 5.88. The fraction of sp³-hybridized carbons (Fsp3) is 0.316. The molecule has 25 heavy (non-hydrogen) atoms. The Bertz CT molecular complexity index is 878. The molecule has 2 aliphatic rings. The van der Waals surface area contributed by atoms with Crippen molar-refractivity contribution < 1.29 is 14.7 Å². The molecular formula is C19H19N3O3. The Morgan fingerprint density at radius 2 is 2.12 bits per heavy atom. The lowest BCUT2D eigenvalue weighted by Crippen LogP contribution is -2.26. The van der Waals surface area contributed by atoms with Crippen molar-refractivity contribution in [1.29, 1.82) is 0 Å². The monoisotopic (exact) mass is 337 g/mol. The summed E-state index contributed by atoms with van der Waals surface area (Å²) < 4.78 is 0. The summed E-state index contributed by atoms with van der Waals surface area (Å²) in [6.45, 7) is 4.16. The Hall–Kier alpha value is -2.89. The van der Waals surface area contributed by atoms with Crippen molar-refractivity contribution in [2.75, 3.05) is 18.0 Å². The number of fused-ring (bicyclic) bond motifs is 2. The zero-order chi connectivity index (χ0) is 17.6. The molecule has 0 bridgehead atoms. The van der Waals surface area contributed by atoms with Gasteiger partial charge in [0.05, 0.1) is 5.56 Å². The predicted octanol–water partition coefficient (Wildman–Crippen LogP) is 2.84. The van der Waals surface area contributed by atoms with Gasteiger partial charge in [0.25, 0.3) is 5.91 Å². The molecular weight excluding hydrogens is 318 g/mol. The Morgan fingerprint density at radius 1 is 1.28 bits per heavy atom. The van der Waals surface area contributed by atoms with Gasteiger partial charge < -0.3 is 14.9 Å². The highest BCUT2D eigenvalue weighted by Gasteiger charge is 2.28. The maximum atomic E-state index is 12.3. The van der Waals surface area contributed by atoms with Crippen molar-refractivity contribution in [1.82, 2.24) is 9.88 Å². The quantitative estimate of drug-likeness (QED) is 0.932. The summed E-state index contributed by atoms with van der Waals surface area (Å²) in [6.07, 6.45) is 3.18. The number of pyridine rings is 1. The minimum Gasteiger partial charge on any atom is -0.478 e. The molecule has 6 nitrogen and oxygen atoms in total. The lowest BCUT2D eigenvalue weighted by atomic mass is 10.0. The zero-order valence-electron chi connectivity index (χ0n) is 14.0. The SMILES string of the molecule is CCN1Cc2cc(N3CCCc4cc(C(=O)O)cnc43)ccc2C1=O. The fourth-order valence-corrected chi connectivity index (χ4v) is 3.62. The van der Waals surface area contributed by atoms with Gasteiger partial charge in [-0.3, -0.25) is 4.79 Å². The summed E-state index contributed by atoms with van der Waals surface area (Å²) in [5.74, 6) is -0.0525. The molecule has 4 rings (SSSR count). The summed E-state index contributed by atoms with van der Waals surface area (Å²) in [6, 6.07) is 7.62. The average Bonchev–Trinajstić information content (AvgIpc) is 2.96. The second-order valence-corrected chi connectivity index (χ2v) is 6.43. The number of benzene rings is 1. The normalized spacial score (nSPS) is 16.0. The summed E-state index contributed by atoms with van der Waals surface area (Å²) in [5, 5.41) is 9.16. The number of rotatable bonds is 3. The van der Waals surface area contributed by atoms with Crippen molar-refractivity contribution in [3.63, 3.8) is 0 Å². The van der Waals surface area contributed by atoms with Gasteiger partial charge in [-0.25, -0.2) is 9.78 Å². The van der Waals surface area contributed by atoms with E-state index in [1.165, 1.54) is 6.20 Å². The van der Waals surface area contributed by atoms with E-state index in [4.69, 9.17) is 5.11 Å². The van der Waals surface area contributed by atoms with Crippen LogP contribution in [0, 0.1) is 0 Å². The Labute approximate surface area is 145 Å². The standard InChI is InChI=1S/C19H19N3O3/c1-2-21-11-14-9-15(5-6-16(14)18(21)23)22-7-3-4-12-8-13(19(24)25)10-20-17(12)22/h5-6,8-10H,2-4,7,11H2,1H3,(H,24,25). The lowest BCUT2D eigenvalue weighted by molar-refractivity contribution is 0.0695. The number of carboxylic acid groups (broad SMARTS) is 1. The largest absolute Gasteiger partial charge is 0.478 e. The smallest absolute Gasteiger partial charge is 0.337 e. The van der Waals surface area contributed by atoms with Crippen LogP contribution >= 0.6 is 0 Å². The van der Waals surface area contributed by atoms with E-state index in [1.54, 1.807) is 6.07 Å². The number of hydrogen-bond donors (Lipinski definition) is 1. The molecule has 128 valence electrons. The highest BCUT2D eigenvalue weighted by molar-refractivity contribution is 5.99. The molecule has 0 spiro atoms. The number of aromatic carboxylic acids is 1. The first-order valence-electron chi connectivity index (χ1n) is 8.50. The van der Waals surface area contributed by atoms with Gasteiger partial charge in [-0.15, -0.1) is 0 Å². The van der Waals surface area contributed by atoms with Gasteiger partial charge in [0.2, 0.25) is 0 Å². The van der Waals surface area contributed by atoms with Crippen molar-refractivity contribution >= 4 is 23.4 Å². The number of nitrogens with zero attached hydrogens (tertiary/aromatic N) is 3. The number of carboxylic acids is 1. The summed E-state index contributed by atoms with van der Waals surface area (Å²) in [4.78, 5) is 31.8. The third-order valence-electron chi connectivity index (χ3n) is 4.93. The third-order valence-corrected chi connectivity index (χ3v) is 4.93. The van der Waals surface area contributed by atoms with Crippen molar-refractivity contribution in [2.24, 2.45) is 0 Å². The van der Waals surface area contributed by atoms with Crippen LogP contribution in [0.15, 0.2) is 30.5 Å². The van der Waals surface area contributed by atoms with Crippen LogP contribution in [0.4, 0.5) is 11.5 Å². The minimum absolute atomic E-state index is 0.0901. The third kappa shape index (κ3) is 2.54. The average molecular weight is 337 g/mol. The molecule has 0 atom stereocenters. The summed E-state index contributed by atoms with van der Waals surface area (Å²) in [7, 11) is 0. The predicted molar refractivity (Wildman–Crippen MR) is 93.4 cm³/mol. The molecule has 0 radical (unpaired) electrons. The molecule has 1 aromatic heterocycles. The van der Waals surface area contributed by atoms with Crippen LogP contribution in [0.5, 0.6) is 0 Å². The zero-order valence-corrected chi connectivity index (χ0v) is 14.0. The molecule has 2 aromatic rings. The van der Waals surface area contributed by atoms with E-state index in [9.17, 15) is 9.59 Å². The van der Waals surface area contributed by atoms with Gasteiger partial charge in [0.15, 0.2) is 0 Å². The van der Waals surface area contributed by atoms with Crippen LogP contribution < -0.4 is 4.90 Å². The molecule has 3 heterocycles. The molecule has 1 N–H and O–H groups in total. The van der Waals surface area contributed by atoms with Gasteiger partial charge in [-0.2, -0.15) is 0 Å². The second-order valence-electron chi connectivity index (χ2n) is 6.43. The van der Waals surface area contributed by atoms with E-state index in [0.29, 0.717) is 13.1 Å². The molecule has 6 heteroatoms. The molecule has 0 saturated carbocycles. The molecule has 0 fully saturated rings. The first-order valence-corrected chi connectivity index (χ1v) is 8.50. The Morgan fingerprint density at radius 3 is 2.88 bits per heavy atom. The van der Waals surface area contributed by atoms with Gasteiger partial charge >= 0.3 is 5.97 Å². The molecule has 0 unspecified atom stereocenters. The van der Waals surface area contributed by atoms with Crippen LogP contribution in [0.2, 0.25) is 0 Å². The topological polar surface area (TPSA) is 73.7 Å². The van der Waals surface area contributed by atoms with Gasteiger partial charge in [-0.1, -0.05) is 0 Å². The van der Waals surface area contributed by atoms with Crippen LogP contribution in [-0.2, 0) is 13.0 Å². The van der Waals surface area contributed by atoms with E-state index >= 15 is 0 Å². The highest BCUT2D eigenvalue weighted by Crippen LogP contribution is 2.34. The van der Waals surface area contributed by atoms with E-state index in [0.717, 1.165) is 47.6 Å². The maximum absolute atomic E-state index is 12.3. The fourth-order valence-electron chi connectivity index (χ4n) is 3.62. The Balaban J connectivity index is 1.71. The van der Waals surface area contributed by atoms with Gasteiger partial charge in [0, 0.05) is 37.1 Å². The molecule has 1 amide bonds. The number of anilines is 2. The minimum atomic E-state index is -0.955. The van der Waals surface area contributed by atoms with Crippen molar-refractivity contribution in [3.05, 3.63) is 52.7 Å². The summed E-state index contributed by atoms with van der Waals surface area (Å²) in [5.41, 5.74) is 3.99. The number of amides is 1. The summed E-state index contributed by atoms with van der Waals surface area (Å²) >= 11 is 0. The first kappa shape index (κ1) is 15.6. The van der Waals surface area contributed by atoms with Crippen molar-refractivity contribution in [2.45, 2.75) is 26.3 Å². The molecule has 1 aromatic carbocycles. The van der Waals surface area contributed by atoms with E-state index < -0.39 is 5.97 Å². The number of hydrogen-bond acceptors (Lipinski definition) is 4. The number of aryl methyl sites for hydroxylation is 1. The molecule has 0 aliphatic carbocycles. The molecule has 2 aliphatic heterocycles. The molecule has 0 saturated heterocycles.